The van der Waals surface area contributed by atoms with E-state index in [0.717, 1.165) is 34.2 Å². The largest absolute Gasteiger partial charge is 3.00 e. The summed E-state index contributed by atoms with van der Waals surface area (Å²) in [5, 5.41) is 9.12. The van der Waals surface area contributed by atoms with Crippen LogP contribution in [0.4, 0.5) is 17.1 Å². The van der Waals surface area contributed by atoms with Crippen LogP contribution in [0, 0.1) is 39.6 Å². The van der Waals surface area contributed by atoms with Crippen LogP contribution in [0.15, 0.2) is 115 Å². The minimum atomic E-state index is 0. The Labute approximate surface area is 267 Å². The van der Waals surface area contributed by atoms with Crippen molar-refractivity contribution in [1.29, 1.82) is 0 Å². The average Bonchev–Trinajstić information content (AvgIpc) is 3.60. The van der Waals surface area contributed by atoms with Crippen molar-refractivity contribution >= 4 is 17.1 Å². The quantitative estimate of drug-likeness (QED) is 0.170. The number of hydrogen-bond donors (Lipinski definition) is 0. The Morgan fingerprint density at radius 3 is 1.88 bits per heavy atom. The number of fused-ring (bicyclic) bond motifs is 1. The topological polar surface area (TPSA) is 37.2 Å². The maximum absolute atomic E-state index is 4.58. The molecular weight excluding hydrogens is 707 g/mol. The average molecular weight is 739 g/mol. The maximum atomic E-state index is 4.58. The van der Waals surface area contributed by atoms with Gasteiger partial charge < -0.3 is 14.4 Å². The Hall–Kier alpha value is -4.51. The van der Waals surface area contributed by atoms with Gasteiger partial charge in [-0.3, -0.25) is 0 Å². The summed E-state index contributed by atoms with van der Waals surface area (Å²) in [6.07, 6.45) is 0. The van der Waals surface area contributed by atoms with Crippen LogP contribution >= 0.6 is 0 Å². The molecule has 0 radical (unpaired) electrons. The van der Waals surface area contributed by atoms with E-state index in [0.29, 0.717) is 0 Å². The molecule has 0 spiro atoms. The zero-order chi connectivity index (χ0) is 29.1. The van der Waals surface area contributed by atoms with Gasteiger partial charge in [-0.15, -0.1) is 46.7 Å². The van der Waals surface area contributed by atoms with E-state index in [1.54, 1.807) is 0 Å². The molecule has 1 aliphatic rings. The smallest absolute Gasteiger partial charge is 0.504 e. The third-order valence-electron chi connectivity index (χ3n) is 7.42. The fraction of sp³-hybridized carbons (Fsp3) is 0.108. The molecule has 5 nitrogen and oxygen atoms in total. The second-order valence-electron chi connectivity index (χ2n) is 10.3. The molecule has 0 saturated carbocycles. The number of benzene rings is 5. The summed E-state index contributed by atoms with van der Waals surface area (Å²) in [5.41, 5.74) is 10.2. The van der Waals surface area contributed by atoms with Gasteiger partial charge in [0.2, 0.25) is 0 Å². The number of hydrogen-bond acceptors (Lipinski definition) is 4. The Bertz CT molecular complexity index is 1790. The molecule has 1 aliphatic heterocycles. The first kappa shape index (κ1) is 30.0. The van der Waals surface area contributed by atoms with Gasteiger partial charge in [0.05, 0.1) is 5.82 Å². The monoisotopic (exact) mass is 739 g/mol. The second kappa shape index (κ2) is 13.2. The van der Waals surface area contributed by atoms with Crippen molar-refractivity contribution in [3.05, 3.63) is 151 Å². The third kappa shape index (κ3) is 6.03. The van der Waals surface area contributed by atoms with Gasteiger partial charge in [0.1, 0.15) is 0 Å². The molecule has 0 amide bonds. The predicted octanol–water partition coefficient (Wildman–Crippen LogP) is 8.52. The molecule has 5 aromatic carbocycles. The van der Waals surface area contributed by atoms with Gasteiger partial charge in [0.15, 0.2) is 5.82 Å². The van der Waals surface area contributed by atoms with E-state index in [9.17, 15) is 0 Å². The Balaban J connectivity index is 0.000000186. The molecule has 214 valence electrons. The van der Waals surface area contributed by atoms with Crippen molar-refractivity contribution in [3.63, 3.8) is 0 Å². The van der Waals surface area contributed by atoms with Crippen molar-refractivity contribution in [1.82, 2.24) is 14.8 Å². The maximum Gasteiger partial charge on any atom is 3.00 e. The number of rotatable bonds is 4. The van der Waals surface area contributed by atoms with Crippen LogP contribution in [0.2, 0.25) is 0 Å². The number of anilines is 3. The van der Waals surface area contributed by atoms with Crippen molar-refractivity contribution in [3.8, 4) is 28.5 Å². The Kier molecular flexibility index (Phi) is 9.20. The molecule has 0 fully saturated rings. The fourth-order valence-electron chi connectivity index (χ4n) is 5.35. The summed E-state index contributed by atoms with van der Waals surface area (Å²) in [6, 6.07) is 45.4. The summed E-state index contributed by atoms with van der Waals surface area (Å²) in [4.78, 5) is 4.27. The van der Waals surface area contributed by atoms with Crippen molar-refractivity contribution < 1.29 is 20.1 Å². The molecule has 7 rings (SSSR count). The molecule has 0 saturated heterocycles. The van der Waals surface area contributed by atoms with E-state index in [4.69, 9.17) is 0 Å². The van der Waals surface area contributed by atoms with Gasteiger partial charge in [-0.25, -0.2) is 0 Å². The summed E-state index contributed by atoms with van der Waals surface area (Å²) in [7, 11) is 2.06. The second-order valence-corrected chi connectivity index (χ2v) is 10.3. The van der Waals surface area contributed by atoms with Crippen LogP contribution in [0.25, 0.3) is 28.5 Å². The van der Waals surface area contributed by atoms with E-state index >= 15 is 0 Å². The minimum Gasteiger partial charge on any atom is -0.504 e. The van der Waals surface area contributed by atoms with Gasteiger partial charge in [0, 0.05) is 22.6 Å². The molecule has 6 aromatic rings. The van der Waals surface area contributed by atoms with Crippen molar-refractivity contribution in [2.45, 2.75) is 20.8 Å². The molecule has 2 heterocycles. The van der Waals surface area contributed by atoms with Crippen LogP contribution < -0.4 is 9.80 Å². The van der Waals surface area contributed by atoms with Crippen molar-refractivity contribution in [2.75, 3.05) is 16.8 Å². The number of nitrogens with zero attached hydrogens (tertiary/aromatic N) is 5. The molecule has 0 bridgehead atoms. The van der Waals surface area contributed by atoms with Gasteiger partial charge in [-0.2, -0.15) is 42.1 Å². The first-order valence-corrected chi connectivity index (χ1v) is 14.0. The molecule has 0 atom stereocenters. The van der Waals surface area contributed by atoms with E-state index < -0.39 is 0 Å². The van der Waals surface area contributed by atoms with Gasteiger partial charge >= 0.3 is 20.1 Å². The molecule has 6 heteroatoms. The number of aryl methyl sites for hydroxylation is 3. The first-order valence-electron chi connectivity index (χ1n) is 14.0. The summed E-state index contributed by atoms with van der Waals surface area (Å²) >= 11 is 0. The van der Waals surface area contributed by atoms with E-state index in [1.165, 1.54) is 28.1 Å². The molecular formula is C37H32IrN5. The van der Waals surface area contributed by atoms with E-state index in [-0.39, 0.29) is 20.1 Å². The van der Waals surface area contributed by atoms with Gasteiger partial charge in [0.25, 0.3) is 0 Å². The van der Waals surface area contributed by atoms with Gasteiger partial charge in [-0.1, -0.05) is 54.6 Å². The molecule has 1 aromatic heterocycles. The minimum absolute atomic E-state index is 0. The molecule has 43 heavy (non-hydrogen) atoms. The van der Waals surface area contributed by atoms with Crippen LogP contribution in [0.3, 0.4) is 0 Å². The molecule has 0 unspecified atom stereocenters. The van der Waals surface area contributed by atoms with Crippen LogP contribution in [-0.2, 0) is 20.1 Å². The number of aromatic nitrogens is 3. The van der Waals surface area contributed by atoms with Crippen LogP contribution in [-0.4, -0.2) is 21.8 Å². The standard InChI is InChI=1S/C23H20N3.C14H12N2.Ir/c1-16-10-7-8-15-20(16)23-25-24-22(19-13-5-4-6-14-19)26(23)21-17(2)11-9-12-18(21)3;1-15-11-16(12-7-3-2-4-8-12)14-10-6-5-9-13(14)15;/h4-13,15H,1-3H3;2-7,9-11H,1H3;/q-1;-2;+3. The SMILES string of the molecule is CN1[CH-]N(c2[c-]cccc2)c2ccccc21.Cc1ccccc1-c1nnc(-c2[c-]cccc2)n1-c1c(C)cccc1C.[Ir+3]. The zero-order valence-corrected chi connectivity index (χ0v) is 27.0. The van der Waals surface area contributed by atoms with Crippen LogP contribution in [0.1, 0.15) is 16.7 Å². The normalized spacial score (nSPS) is 11.8. The summed E-state index contributed by atoms with van der Waals surface area (Å²) < 4.78 is 2.17. The van der Waals surface area contributed by atoms with Crippen molar-refractivity contribution in [2.24, 2.45) is 0 Å². The van der Waals surface area contributed by atoms with E-state index in [2.05, 4.69) is 132 Å². The first-order chi connectivity index (χ1) is 20.5. The molecule has 0 N–H and O–H groups in total. The molecule has 0 aliphatic carbocycles. The van der Waals surface area contributed by atoms with Crippen LogP contribution in [0.5, 0.6) is 0 Å². The third-order valence-corrected chi connectivity index (χ3v) is 7.42. The van der Waals surface area contributed by atoms with Gasteiger partial charge in [-0.05, 0) is 56.6 Å². The predicted molar refractivity (Wildman–Crippen MR) is 172 cm³/mol. The van der Waals surface area contributed by atoms with E-state index in [1.807, 2.05) is 54.6 Å². The fourth-order valence-corrected chi connectivity index (χ4v) is 5.35. The summed E-state index contributed by atoms with van der Waals surface area (Å²) in [5.74, 6) is 1.66. The Morgan fingerprint density at radius 1 is 0.605 bits per heavy atom. The Morgan fingerprint density at radius 2 is 1.21 bits per heavy atom. The number of para-hydroxylation sites is 4. The summed E-state index contributed by atoms with van der Waals surface area (Å²) in [6.45, 7) is 8.44. The zero-order valence-electron chi connectivity index (χ0n) is 24.6.